The first-order chi connectivity index (χ1) is 15.0. The maximum Gasteiger partial charge on any atom is 0.321 e. The summed E-state index contributed by atoms with van der Waals surface area (Å²) >= 11 is 2.61. The molecule has 1 atom stereocenters. The third kappa shape index (κ3) is 7.26. The number of amides is 3. The van der Waals surface area contributed by atoms with Gasteiger partial charge in [-0.25, -0.2) is 4.79 Å². The molecule has 0 fully saturated rings. The second-order valence-corrected chi connectivity index (χ2v) is 9.06. The highest BCUT2D eigenvalue weighted by molar-refractivity contribution is 8.02. The van der Waals surface area contributed by atoms with Crippen molar-refractivity contribution in [1.82, 2.24) is 20.8 Å². The lowest BCUT2D eigenvalue weighted by Crippen LogP contribution is -2.42. The molecule has 0 aliphatic carbocycles. The normalized spacial score (nSPS) is 11.4. The molecule has 31 heavy (non-hydrogen) atoms. The topological polar surface area (TPSA) is 105 Å². The smallest absolute Gasteiger partial charge is 0.321 e. The Morgan fingerprint density at radius 3 is 2.45 bits per heavy atom. The number of ether oxygens (including phenoxy) is 1. The van der Waals surface area contributed by atoms with Gasteiger partial charge in [0.1, 0.15) is 5.75 Å². The van der Waals surface area contributed by atoms with Gasteiger partial charge < -0.3 is 15.4 Å². The van der Waals surface area contributed by atoms with Gasteiger partial charge in [0.2, 0.25) is 11.0 Å². The largest absolute Gasteiger partial charge is 0.497 e. The average Bonchev–Trinajstić information content (AvgIpc) is 3.24. The van der Waals surface area contributed by atoms with Crippen molar-refractivity contribution in [2.75, 3.05) is 12.4 Å². The number of hydrogen-bond donors (Lipinski definition) is 3. The van der Waals surface area contributed by atoms with E-state index in [1.807, 2.05) is 54.6 Å². The van der Waals surface area contributed by atoms with Gasteiger partial charge in [-0.05, 0) is 30.2 Å². The van der Waals surface area contributed by atoms with Crippen LogP contribution in [0.5, 0.6) is 5.75 Å². The molecule has 0 aliphatic heterocycles. The molecule has 1 aromatic heterocycles. The fraction of sp³-hybridized carbons (Fsp3) is 0.238. The standard InChI is InChI=1S/C21H23N5O3S2/c1-14(18(27)24-19(28)22-12-15-6-4-3-5-7-15)30-21-26-25-20(31-21)23-13-16-8-10-17(29-2)11-9-16/h3-11,14H,12-13H2,1-2H3,(H,23,25)(H2,22,24,27,28). The third-order valence-electron chi connectivity index (χ3n) is 4.19. The third-order valence-corrected chi connectivity index (χ3v) is 6.25. The second-order valence-electron chi connectivity index (χ2n) is 6.49. The van der Waals surface area contributed by atoms with Crippen molar-refractivity contribution in [2.24, 2.45) is 0 Å². The number of benzene rings is 2. The summed E-state index contributed by atoms with van der Waals surface area (Å²) in [5, 5.41) is 16.6. The van der Waals surface area contributed by atoms with Crippen molar-refractivity contribution in [3.63, 3.8) is 0 Å². The summed E-state index contributed by atoms with van der Waals surface area (Å²) in [6.45, 7) is 2.67. The van der Waals surface area contributed by atoms with Gasteiger partial charge in [-0.15, -0.1) is 10.2 Å². The molecule has 10 heteroatoms. The van der Waals surface area contributed by atoms with Crippen LogP contribution in [-0.4, -0.2) is 34.5 Å². The van der Waals surface area contributed by atoms with Crippen molar-refractivity contribution >= 4 is 40.2 Å². The molecule has 2 aromatic carbocycles. The molecule has 1 heterocycles. The zero-order valence-electron chi connectivity index (χ0n) is 17.1. The highest BCUT2D eigenvalue weighted by atomic mass is 32.2. The molecule has 0 bridgehead atoms. The van der Waals surface area contributed by atoms with E-state index < -0.39 is 17.2 Å². The number of rotatable bonds is 9. The van der Waals surface area contributed by atoms with Crippen LogP contribution in [0.4, 0.5) is 9.93 Å². The van der Waals surface area contributed by atoms with Crippen molar-refractivity contribution in [3.05, 3.63) is 65.7 Å². The predicted molar refractivity (Wildman–Crippen MR) is 122 cm³/mol. The van der Waals surface area contributed by atoms with Crippen LogP contribution in [0.2, 0.25) is 0 Å². The predicted octanol–water partition coefficient (Wildman–Crippen LogP) is 3.67. The molecule has 0 aliphatic rings. The monoisotopic (exact) mass is 457 g/mol. The number of carbonyl (C=O) groups is 2. The van der Waals surface area contributed by atoms with E-state index in [-0.39, 0.29) is 0 Å². The summed E-state index contributed by atoms with van der Waals surface area (Å²) in [5.41, 5.74) is 2.04. The molecular formula is C21H23N5O3S2. The summed E-state index contributed by atoms with van der Waals surface area (Å²) in [7, 11) is 1.63. The van der Waals surface area contributed by atoms with Crippen molar-refractivity contribution in [2.45, 2.75) is 29.6 Å². The molecule has 3 rings (SSSR count). The van der Waals surface area contributed by atoms with Crippen LogP contribution in [0, 0.1) is 0 Å². The number of carbonyl (C=O) groups excluding carboxylic acids is 2. The van der Waals surface area contributed by atoms with E-state index in [4.69, 9.17) is 4.74 Å². The summed E-state index contributed by atoms with van der Waals surface area (Å²) in [5.74, 6) is 0.415. The quantitative estimate of drug-likeness (QED) is 0.421. The number of urea groups is 1. The Morgan fingerprint density at radius 1 is 1.03 bits per heavy atom. The molecule has 3 amide bonds. The van der Waals surface area contributed by atoms with E-state index in [9.17, 15) is 9.59 Å². The number of imide groups is 1. The van der Waals surface area contributed by atoms with E-state index >= 15 is 0 Å². The van der Waals surface area contributed by atoms with E-state index in [0.717, 1.165) is 16.9 Å². The van der Waals surface area contributed by atoms with Crippen LogP contribution in [0.3, 0.4) is 0 Å². The molecule has 3 aromatic rings. The maximum atomic E-state index is 12.3. The van der Waals surface area contributed by atoms with Gasteiger partial charge in [-0.1, -0.05) is 65.6 Å². The number of aromatic nitrogens is 2. The number of methoxy groups -OCH3 is 1. The van der Waals surface area contributed by atoms with Gasteiger partial charge in [-0.2, -0.15) is 0 Å². The van der Waals surface area contributed by atoms with E-state index in [0.29, 0.717) is 22.6 Å². The minimum absolute atomic E-state index is 0.348. The number of hydrogen-bond acceptors (Lipinski definition) is 8. The van der Waals surface area contributed by atoms with Gasteiger partial charge in [0, 0.05) is 13.1 Å². The lowest BCUT2D eigenvalue weighted by Gasteiger charge is -2.10. The Balaban J connectivity index is 1.42. The first kappa shape index (κ1) is 22.6. The van der Waals surface area contributed by atoms with Crippen molar-refractivity contribution in [1.29, 1.82) is 0 Å². The number of nitrogens with one attached hydrogen (secondary N) is 3. The Labute approximate surface area is 188 Å². The van der Waals surface area contributed by atoms with Crippen LogP contribution in [0.25, 0.3) is 0 Å². The lowest BCUT2D eigenvalue weighted by atomic mass is 10.2. The summed E-state index contributed by atoms with van der Waals surface area (Å²) in [6, 6.07) is 16.7. The van der Waals surface area contributed by atoms with Crippen molar-refractivity contribution in [3.8, 4) is 5.75 Å². The molecule has 8 nitrogen and oxygen atoms in total. The Morgan fingerprint density at radius 2 is 1.74 bits per heavy atom. The van der Waals surface area contributed by atoms with Crippen LogP contribution in [-0.2, 0) is 17.9 Å². The lowest BCUT2D eigenvalue weighted by molar-refractivity contribution is -0.119. The van der Waals surface area contributed by atoms with E-state index in [1.165, 1.54) is 23.1 Å². The van der Waals surface area contributed by atoms with Gasteiger partial charge in [0.05, 0.1) is 12.4 Å². The zero-order chi connectivity index (χ0) is 22.1. The Kier molecular flexibility index (Phi) is 8.25. The fourth-order valence-corrected chi connectivity index (χ4v) is 4.38. The zero-order valence-corrected chi connectivity index (χ0v) is 18.8. The van der Waals surface area contributed by atoms with Crippen LogP contribution in [0.1, 0.15) is 18.1 Å². The minimum atomic E-state index is -0.527. The van der Waals surface area contributed by atoms with Gasteiger partial charge in [0.25, 0.3) is 0 Å². The molecule has 3 N–H and O–H groups in total. The molecule has 0 saturated heterocycles. The molecule has 0 saturated carbocycles. The van der Waals surface area contributed by atoms with Crippen LogP contribution >= 0.6 is 23.1 Å². The van der Waals surface area contributed by atoms with Crippen molar-refractivity contribution < 1.29 is 14.3 Å². The first-order valence-electron chi connectivity index (χ1n) is 9.53. The number of anilines is 1. The Hall–Kier alpha value is -3.11. The fourth-order valence-electron chi connectivity index (χ4n) is 2.49. The molecule has 162 valence electrons. The average molecular weight is 458 g/mol. The Bertz CT molecular complexity index is 996. The van der Waals surface area contributed by atoms with E-state index in [2.05, 4.69) is 26.1 Å². The number of thioether (sulfide) groups is 1. The maximum absolute atomic E-state index is 12.3. The summed E-state index contributed by atoms with van der Waals surface area (Å²) in [6.07, 6.45) is 0. The highest BCUT2D eigenvalue weighted by Gasteiger charge is 2.19. The van der Waals surface area contributed by atoms with E-state index in [1.54, 1.807) is 14.0 Å². The van der Waals surface area contributed by atoms with Gasteiger partial charge in [-0.3, -0.25) is 10.1 Å². The molecular weight excluding hydrogens is 434 g/mol. The molecule has 0 spiro atoms. The minimum Gasteiger partial charge on any atom is -0.497 e. The first-order valence-corrected chi connectivity index (χ1v) is 11.2. The van der Waals surface area contributed by atoms with Gasteiger partial charge in [0.15, 0.2) is 4.34 Å². The SMILES string of the molecule is COc1ccc(CNc2nnc(SC(C)C(=O)NC(=O)NCc3ccccc3)s2)cc1. The molecule has 0 radical (unpaired) electrons. The van der Waals surface area contributed by atoms with Crippen LogP contribution < -0.4 is 20.7 Å². The second kappa shape index (κ2) is 11.3. The highest BCUT2D eigenvalue weighted by Crippen LogP contribution is 2.29. The summed E-state index contributed by atoms with van der Waals surface area (Å²) < 4.78 is 5.79. The summed E-state index contributed by atoms with van der Waals surface area (Å²) in [4.78, 5) is 24.2. The van der Waals surface area contributed by atoms with Gasteiger partial charge >= 0.3 is 6.03 Å². The van der Waals surface area contributed by atoms with Crippen LogP contribution in [0.15, 0.2) is 58.9 Å². The number of nitrogens with zero attached hydrogens (tertiary/aromatic N) is 2. The molecule has 1 unspecified atom stereocenters.